The van der Waals surface area contributed by atoms with Crippen molar-refractivity contribution >= 4 is 32.8 Å². The van der Waals surface area contributed by atoms with E-state index in [0.717, 1.165) is 27.5 Å². The third-order valence-electron chi connectivity index (χ3n) is 3.64. The zero-order valence-electron chi connectivity index (χ0n) is 12.0. The van der Waals surface area contributed by atoms with Gasteiger partial charge in [0.15, 0.2) is 0 Å². The maximum Gasteiger partial charge on any atom is 0.336 e. The number of aromatic carboxylic acids is 1. The molecule has 0 saturated carbocycles. The average molecular weight is 356 g/mol. The Kier molecular flexibility index (Phi) is 3.94. The number of aryl methyl sites for hydroxylation is 1. The highest BCUT2D eigenvalue weighted by molar-refractivity contribution is 9.10. The lowest BCUT2D eigenvalue weighted by Crippen LogP contribution is -2.02. The predicted octanol–water partition coefficient (Wildman–Crippen LogP) is 4.92. The van der Waals surface area contributed by atoms with Crippen LogP contribution in [0, 0.1) is 0 Å². The summed E-state index contributed by atoms with van der Waals surface area (Å²) in [5.41, 5.74) is 3.66. The number of rotatable bonds is 3. The second kappa shape index (κ2) is 5.89. The van der Waals surface area contributed by atoms with Gasteiger partial charge in [0.05, 0.1) is 16.8 Å². The predicted molar refractivity (Wildman–Crippen MR) is 91.2 cm³/mol. The first kappa shape index (κ1) is 14.7. The van der Waals surface area contributed by atoms with Crippen LogP contribution in [0.2, 0.25) is 0 Å². The van der Waals surface area contributed by atoms with E-state index in [-0.39, 0.29) is 5.56 Å². The van der Waals surface area contributed by atoms with E-state index in [1.807, 2.05) is 49.4 Å². The van der Waals surface area contributed by atoms with Gasteiger partial charge >= 0.3 is 5.97 Å². The third-order valence-corrected chi connectivity index (χ3v) is 4.10. The summed E-state index contributed by atoms with van der Waals surface area (Å²) < 4.78 is 0.869. The number of hydrogen-bond donors (Lipinski definition) is 1. The Labute approximate surface area is 136 Å². The van der Waals surface area contributed by atoms with E-state index in [1.54, 1.807) is 6.07 Å². The normalized spacial score (nSPS) is 10.8. The van der Waals surface area contributed by atoms with E-state index < -0.39 is 5.97 Å². The van der Waals surface area contributed by atoms with E-state index in [1.165, 1.54) is 0 Å². The fourth-order valence-corrected chi connectivity index (χ4v) is 3.07. The molecule has 0 fully saturated rings. The maximum atomic E-state index is 11.7. The number of fused-ring (bicyclic) bond motifs is 1. The van der Waals surface area contributed by atoms with Crippen molar-refractivity contribution in [3.63, 3.8) is 0 Å². The standard InChI is InChI=1S/C18H14BrNO2/c1-2-11-8-13(19)9-14-15(18(21)22)10-16(20-17(11)14)12-6-4-3-5-7-12/h3-10H,2H2,1H3,(H,21,22). The number of hydrogen-bond acceptors (Lipinski definition) is 2. The van der Waals surface area contributed by atoms with Gasteiger partial charge in [0, 0.05) is 15.4 Å². The quantitative estimate of drug-likeness (QED) is 0.724. The first-order chi connectivity index (χ1) is 10.6. The van der Waals surface area contributed by atoms with Crippen LogP contribution >= 0.6 is 15.9 Å². The largest absolute Gasteiger partial charge is 0.478 e. The summed E-state index contributed by atoms with van der Waals surface area (Å²) in [5, 5.41) is 10.2. The number of carbonyl (C=O) groups is 1. The molecule has 0 amide bonds. The molecule has 0 saturated heterocycles. The minimum Gasteiger partial charge on any atom is -0.478 e. The summed E-state index contributed by atoms with van der Waals surface area (Å²) in [6.45, 7) is 2.04. The van der Waals surface area contributed by atoms with Crippen molar-refractivity contribution in [2.45, 2.75) is 13.3 Å². The number of aromatic nitrogens is 1. The monoisotopic (exact) mass is 355 g/mol. The molecule has 110 valence electrons. The summed E-state index contributed by atoms with van der Waals surface area (Å²) in [6, 6.07) is 15.1. The van der Waals surface area contributed by atoms with Crippen molar-refractivity contribution in [3.05, 3.63) is 64.1 Å². The Bertz CT molecular complexity index is 860. The lowest BCUT2D eigenvalue weighted by molar-refractivity contribution is 0.0699. The molecule has 1 heterocycles. The number of carboxylic acid groups (broad SMARTS) is 1. The summed E-state index contributed by atoms with van der Waals surface area (Å²) in [5.74, 6) is -0.940. The summed E-state index contributed by atoms with van der Waals surface area (Å²) in [4.78, 5) is 16.4. The van der Waals surface area contributed by atoms with Crippen LogP contribution in [0.15, 0.2) is 53.0 Å². The molecule has 0 aliphatic rings. The molecule has 22 heavy (non-hydrogen) atoms. The molecule has 0 atom stereocenters. The molecule has 0 aliphatic heterocycles. The fraction of sp³-hybridized carbons (Fsp3) is 0.111. The van der Waals surface area contributed by atoms with Crippen molar-refractivity contribution in [2.75, 3.05) is 0 Å². The minimum absolute atomic E-state index is 0.278. The van der Waals surface area contributed by atoms with E-state index in [2.05, 4.69) is 15.9 Å². The zero-order valence-corrected chi connectivity index (χ0v) is 13.6. The fourth-order valence-electron chi connectivity index (χ4n) is 2.56. The molecule has 1 N–H and O–H groups in total. The van der Waals surface area contributed by atoms with Crippen molar-refractivity contribution in [3.8, 4) is 11.3 Å². The second-order valence-corrected chi connectivity index (χ2v) is 5.96. The summed E-state index contributed by atoms with van der Waals surface area (Å²) >= 11 is 3.45. The molecule has 0 spiro atoms. The molecule has 1 aromatic heterocycles. The second-order valence-electron chi connectivity index (χ2n) is 5.04. The number of pyridine rings is 1. The van der Waals surface area contributed by atoms with Gasteiger partial charge in [-0.25, -0.2) is 9.78 Å². The number of carboxylic acids is 1. The molecule has 0 unspecified atom stereocenters. The van der Waals surface area contributed by atoms with Gasteiger partial charge in [-0.05, 0) is 30.2 Å². The highest BCUT2D eigenvalue weighted by atomic mass is 79.9. The van der Waals surface area contributed by atoms with Crippen LogP contribution in [-0.4, -0.2) is 16.1 Å². The van der Waals surface area contributed by atoms with E-state index >= 15 is 0 Å². The topological polar surface area (TPSA) is 50.2 Å². The number of halogens is 1. The third kappa shape index (κ3) is 2.62. The van der Waals surface area contributed by atoms with Gasteiger partial charge < -0.3 is 5.11 Å². The first-order valence-electron chi connectivity index (χ1n) is 7.02. The van der Waals surface area contributed by atoms with Crippen LogP contribution in [-0.2, 0) is 6.42 Å². The van der Waals surface area contributed by atoms with Crippen LogP contribution in [0.25, 0.3) is 22.2 Å². The Morgan fingerprint density at radius 1 is 1.18 bits per heavy atom. The van der Waals surface area contributed by atoms with E-state index in [4.69, 9.17) is 4.98 Å². The van der Waals surface area contributed by atoms with Crippen molar-refractivity contribution in [1.29, 1.82) is 0 Å². The van der Waals surface area contributed by atoms with Crippen LogP contribution in [0.1, 0.15) is 22.8 Å². The van der Waals surface area contributed by atoms with Gasteiger partial charge in [0.2, 0.25) is 0 Å². The smallest absolute Gasteiger partial charge is 0.336 e. The lowest BCUT2D eigenvalue weighted by Gasteiger charge is -2.11. The van der Waals surface area contributed by atoms with Crippen molar-refractivity contribution in [2.24, 2.45) is 0 Å². The maximum absolute atomic E-state index is 11.7. The molecule has 4 heteroatoms. The zero-order chi connectivity index (χ0) is 15.7. The Morgan fingerprint density at radius 3 is 2.55 bits per heavy atom. The Balaban J connectivity index is 2.38. The molecule has 2 aromatic carbocycles. The van der Waals surface area contributed by atoms with Gasteiger partial charge in [-0.1, -0.05) is 53.2 Å². The van der Waals surface area contributed by atoms with Crippen LogP contribution in [0.3, 0.4) is 0 Å². The SMILES string of the molecule is CCc1cc(Br)cc2c(C(=O)O)cc(-c3ccccc3)nc12. The van der Waals surface area contributed by atoms with Gasteiger partial charge in [-0.3, -0.25) is 0 Å². The van der Waals surface area contributed by atoms with E-state index in [0.29, 0.717) is 11.1 Å². The Hall–Kier alpha value is -2.20. The van der Waals surface area contributed by atoms with Gasteiger partial charge in [0.1, 0.15) is 0 Å². The van der Waals surface area contributed by atoms with E-state index in [9.17, 15) is 9.90 Å². The first-order valence-corrected chi connectivity index (χ1v) is 7.81. The molecular weight excluding hydrogens is 342 g/mol. The molecular formula is C18H14BrNO2. The molecule has 0 bridgehead atoms. The number of nitrogens with zero attached hydrogens (tertiary/aromatic N) is 1. The molecule has 3 nitrogen and oxygen atoms in total. The molecule has 3 aromatic rings. The van der Waals surface area contributed by atoms with Crippen LogP contribution in [0.5, 0.6) is 0 Å². The van der Waals surface area contributed by atoms with Gasteiger partial charge in [-0.15, -0.1) is 0 Å². The average Bonchev–Trinajstić information content (AvgIpc) is 2.53. The lowest BCUT2D eigenvalue weighted by atomic mass is 10.0. The van der Waals surface area contributed by atoms with Crippen LogP contribution in [0.4, 0.5) is 0 Å². The van der Waals surface area contributed by atoms with Crippen molar-refractivity contribution in [1.82, 2.24) is 4.98 Å². The molecule has 0 aliphatic carbocycles. The highest BCUT2D eigenvalue weighted by Gasteiger charge is 2.15. The molecule has 0 radical (unpaired) electrons. The highest BCUT2D eigenvalue weighted by Crippen LogP contribution is 2.30. The van der Waals surface area contributed by atoms with Gasteiger partial charge in [0.25, 0.3) is 0 Å². The van der Waals surface area contributed by atoms with Crippen molar-refractivity contribution < 1.29 is 9.90 Å². The summed E-state index contributed by atoms with van der Waals surface area (Å²) in [6.07, 6.45) is 0.792. The van der Waals surface area contributed by atoms with Crippen LogP contribution < -0.4 is 0 Å². The minimum atomic E-state index is -0.940. The Morgan fingerprint density at radius 2 is 1.91 bits per heavy atom. The van der Waals surface area contributed by atoms with Gasteiger partial charge in [-0.2, -0.15) is 0 Å². The summed E-state index contributed by atoms with van der Waals surface area (Å²) in [7, 11) is 0. The number of benzene rings is 2. The molecule has 3 rings (SSSR count).